The molecule has 0 radical (unpaired) electrons. The molecule has 1 aromatic rings. The van der Waals surface area contributed by atoms with Crippen LogP contribution >= 0.6 is 0 Å². The van der Waals surface area contributed by atoms with Crippen LogP contribution in [0.4, 0.5) is 0 Å². The van der Waals surface area contributed by atoms with E-state index in [9.17, 15) is 0 Å². The van der Waals surface area contributed by atoms with Crippen LogP contribution < -0.4 is 0 Å². The Morgan fingerprint density at radius 3 is 2.71 bits per heavy atom. The summed E-state index contributed by atoms with van der Waals surface area (Å²) in [5.74, 6) is 3.15. The number of aromatic nitrogens is 2. The third-order valence-corrected chi connectivity index (χ3v) is 4.73. The van der Waals surface area contributed by atoms with Crippen molar-refractivity contribution < 1.29 is 4.52 Å². The molecule has 118 valence electrons. The number of aryl methyl sites for hydroxylation is 1. The van der Waals surface area contributed by atoms with Crippen LogP contribution in [0.1, 0.15) is 44.8 Å². The first-order chi connectivity index (χ1) is 10.1. The molecule has 0 N–H and O–H groups in total. The van der Waals surface area contributed by atoms with Crippen molar-refractivity contribution in [3.8, 4) is 0 Å². The molecule has 1 aliphatic heterocycles. The van der Waals surface area contributed by atoms with E-state index in [2.05, 4.69) is 33.8 Å². The van der Waals surface area contributed by atoms with Crippen molar-refractivity contribution in [3.05, 3.63) is 11.7 Å². The average molecular weight is 292 g/mol. The molecule has 5 nitrogen and oxygen atoms in total. The van der Waals surface area contributed by atoms with E-state index >= 15 is 0 Å². The number of nitrogens with zero attached hydrogens (tertiary/aromatic N) is 4. The maximum atomic E-state index is 5.10. The van der Waals surface area contributed by atoms with E-state index in [1.807, 2.05) is 6.92 Å². The zero-order valence-electron chi connectivity index (χ0n) is 13.6. The Hall–Kier alpha value is -0.940. The zero-order chi connectivity index (χ0) is 14.8. The summed E-state index contributed by atoms with van der Waals surface area (Å²) >= 11 is 0. The lowest BCUT2D eigenvalue weighted by Gasteiger charge is -2.34. The average Bonchev–Trinajstić information content (AvgIpc) is 3.18. The Bertz CT molecular complexity index is 455. The number of hydrogen-bond donors (Lipinski definition) is 0. The van der Waals surface area contributed by atoms with Crippen molar-refractivity contribution in [2.75, 3.05) is 26.2 Å². The molecule has 3 rings (SSSR count). The quantitative estimate of drug-likeness (QED) is 0.833. The van der Waals surface area contributed by atoms with Gasteiger partial charge in [0.05, 0.1) is 6.54 Å². The van der Waals surface area contributed by atoms with Gasteiger partial charge in [0, 0.05) is 26.1 Å². The summed E-state index contributed by atoms with van der Waals surface area (Å²) in [6.07, 6.45) is 4.12. The van der Waals surface area contributed by atoms with Crippen LogP contribution in [0.5, 0.6) is 0 Å². The van der Waals surface area contributed by atoms with Crippen molar-refractivity contribution >= 4 is 0 Å². The van der Waals surface area contributed by atoms with Crippen molar-refractivity contribution in [1.29, 1.82) is 0 Å². The summed E-state index contributed by atoms with van der Waals surface area (Å²) in [5.41, 5.74) is 0. The van der Waals surface area contributed by atoms with E-state index in [1.165, 1.54) is 32.4 Å². The Labute approximate surface area is 127 Å². The first-order valence-electron chi connectivity index (χ1n) is 8.37. The lowest BCUT2D eigenvalue weighted by atomic mass is 10.0. The maximum absolute atomic E-state index is 5.10. The van der Waals surface area contributed by atoms with Crippen LogP contribution in [0.15, 0.2) is 4.52 Å². The van der Waals surface area contributed by atoms with Gasteiger partial charge in [-0.15, -0.1) is 0 Å². The number of rotatable bonds is 5. The lowest BCUT2D eigenvalue weighted by Crippen LogP contribution is -2.45. The molecule has 1 saturated carbocycles. The van der Waals surface area contributed by atoms with Crippen molar-refractivity contribution in [2.45, 2.75) is 52.6 Å². The van der Waals surface area contributed by atoms with Crippen LogP contribution in [0.3, 0.4) is 0 Å². The van der Waals surface area contributed by atoms with Gasteiger partial charge in [0.15, 0.2) is 5.82 Å². The highest BCUT2D eigenvalue weighted by Crippen LogP contribution is 2.31. The highest BCUT2D eigenvalue weighted by atomic mass is 16.5. The van der Waals surface area contributed by atoms with Gasteiger partial charge < -0.3 is 4.52 Å². The van der Waals surface area contributed by atoms with E-state index in [4.69, 9.17) is 4.52 Å². The van der Waals surface area contributed by atoms with Crippen LogP contribution in [0.25, 0.3) is 0 Å². The summed E-state index contributed by atoms with van der Waals surface area (Å²) < 4.78 is 5.10. The summed E-state index contributed by atoms with van der Waals surface area (Å²) in [6.45, 7) is 12.2. The predicted molar refractivity (Wildman–Crippen MR) is 81.9 cm³/mol. The van der Waals surface area contributed by atoms with E-state index in [0.717, 1.165) is 31.4 Å². The van der Waals surface area contributed by atoms with Gasteiger partial charge in [-0.05, 0) is 44.2 Å². The monoisotopic (exact) mass is 292 g/mol. The smallest absolute Gasteiger partial charge is 0.223 e. The van der Waals surface area contributed by atoms with Crippen molar-refractivity contribution in [2.24, 2.45) is 11.8 Å². The fraction of sp³-hybridized carbons (Fsp3) is 0.875. The van der Waals surface area contributed by atoms with Crippen LogP contribution in [-0.2, 0) is 6.54 Å². The standard InChI is InChI=1S/C16H28N4O/c1-12(2)15-10-19(11-16-17-13(3)21-18-16)7-4-8-20(15)9-14-5-6-14/h12,14-15H,4-11H2,1-3H3. The first-order valence-corrected chi connectivity index (χ1v) is 8.37. The van der Waals surface area contributed by atoms with Gasteiger partial charge in [-0.1, -0.05) is 19.0 Å². The molecule has 21 heavy (non-hydrogen) atoms. The molecule has 1 saturated heterocycles. The third-order valence-electron chi connectivity index (χ3n) is 4.73. The highest BCUT2D eigenvalue weighted by Gasteiger charge is 2.32. The molecule has 2 heterocycles. The normalized spacial score (nSPS) is 25.4. The minimum Gasteiger partial charge on any atom is -0.340 e. The molecule has 0 aromatic carbocycles. The van der Waals surface area contributed by atoms with E-state index < -0.39 is 0 Å². The molecule has 2 fully saturated rings. The van der Waals surface area contributed by atoms with Gasteiger partial charge in [-0.2, -0.15) is 4.98 Å². The Balaban J connectivity index is 1.63. The van der Waals surface area contributed by atoms with Crippen molar-refractivity contribution in [3.63, 3.8) is 0 Å². The Morgan fingerprint density at radius 2 is 2.10 bits per heavy atom. The predicted octanol–water partition coefficient (Wildman–Crippen LogP) is 2.32. The summed E-state index contributed by atoms with van der Waals surface area (Å²) in [5, 5.41) is 4.05. The van der Waals surface area contributed by atoms with Gasteiger partial charge in [-0.25, -0.2) is 0 Å². The van der Waals surface area contributed by atoms with Gasteiger partial charge >= 0.3 is 0 Å². The van der Waals surface area contributed by atoms with Gasteiger partial charge in [-0.3, -0.25) is 9.80 Å². The second-order valence-electron chi connectivity index (χ2n) is 7.07. The Kier molecular flexibility index (Phi) is 4.60. The zero-order valence-corrected chi connectivity index (χ0v) is 13.6. The fourth-order valence-electron chi connectivity index (χ4n) is 3.37. The Morgan fingerprint density at radius 1 is 1.29 bits per heavy atom. The molecule has 1 atom stereocenters. The molecule has 0 spiro atoms. The molecule has 5 heteroatoms. The van der Waals surface area contributed by atoms with Gasteiger partial charge in [0.25, 0.3) is 0 Å². The van der Waals surface area contributed by atoms with E-state index in [0.29, 0.717) is 17.9 Å². The van der Waals surface area contributed by atoms with Gasteiger partial charge in [0.2, 0.25) is 5.89 Å². The molecule has 0 bridgehead atoms. The molecule has 1 aliphatic carbocycles. The lowest BCUT2D eigenvalue weighted by molar-refractivity contribution is 0.130. The largest absolute Gasteiger partial charge is 0.340 e. The minimum absolute atomic E-state index is 0.654. The summed E-state index contributed by atoms with van der Waals surface area (Å²) in [6, 6.07) is 0.654. The fourth-order valence-corrected chi connectivity index (χ4v) is 3.37. The second-order valence-corrected chi connectivity index (χ2v) is 7.07. The van der Waals surface area contributed by atoms with Crippen molar-refractivity contribution in [1.82, 2.24) is 19.9 Å². The van der Waals surface area contributed by atoms with Crippen LogP contribution in [0, 0.1) is 18.8 Å². The molecule has 0 amide bonds. The minimum atomic E-state index is 0.654. The molecular weight excluding hydrogens is 264 g/mol. The second kappa shape index (κ2) is 6.44. The van der Waals surface area contributed by atoms with E-state index in [-0.39, 0.29) is 0 Å². The first kappa shape index (κ1) is 15.0. The van der Waals surface area contributed by atoms with Gasteiger partial charge in [0.1, 0.15) is 0 Å². The molecule has 1 aromatic heterocycles. The highest BCUT2D eigenvalue weighted by molar-refractivity contribution is 4.89. The van der Waals surface area contributed by atoms with Crippen LogP contribution in [0.2, 0.25) is 0 Å². The topological polar surface area (TPSA) is 45.4 Å². The molecular formula is C16H28N4O. The third kappa shape index (κ3) is 4.04. The summed E-state index contributed by atoms with van der Waals surface area (Å²) in [4.78, 5) is 9.59. The SMILES string of the molecule is Cc1nc(CN2CCCN(CC3CC3)C(C(C)C)C2)no1. The number of hydrogen-bond acceptors (Lipinski definition) is 5. The summed E-state index contributed by atoms with van der Waals surface area (Å²) in [7, 11) is 0. The molecule has 1 unspecified atom stereocenters. The van der Waals surface area contributed by atoms with E-state index in [1.54, 1.807) is 0 Å². The maximum Gasteiger partial charge on any atom is 0.223 e. The van der Waals surface area contributed by atoms with Crippen LogP contribution in [-0.4, -0.2) is 52.2 Å². The molecule has 2 aliphatic rings.